The Bertz CT molecular complexity index is 839. The molecule has 23 heavy (non-hydrogen) atoms. The summed E-state index contributed by atoms with van der Waals surface area (Å²) in [7, 11) is 0. The number of alkyl halides is 1. The van der Waals surface area contributed by atoms with E-state index < -0.39 is 0 Å². The van der Waals surface area contributed by atoms with E-state index in [1.54, 1.807) is 0 Å². The summed E-state index contributed by atoms with van der Waals surface area (Å²) in [5, 5.41) is 0.295. The van der Waals surface area contributed by atoms with Crippen molar-refractivity contribution < 1.29 is 14.3 Å². The van der Waals surface area contributed by atoms with Gasteiger partial charge in [-0.3, -0.25) is 9.59 Å². The van der Waals surface area contributed by atoms with Gasteiger partial charge in [0.05, 0.1) is 5.33 Å². The van der Waals surface area contributed by atoms with Gasteiger partial charge in [0.15, 0.2) is 11.6 Å². The lowest BCUT2D eigenvalue weighted by atomic mass is 9.84. The first-order valence-corrected chi connectivity index (χ1v) is 8.85. The minimum absolute atomic E-state index is 0.0588. The average molecular weight is 371 g/mol. The lowest BCUT2D eigenvalue weighted by Gasteiger charge is -2.26. The molecule has 0 atom stereocenters. The van der Waals surface area contributed by atoms with Gasteiger partial charge >= 0.3 is 0 Å². The van der Waals surface area contributed by atoms with Crippen LogP contribution < -0.4 is 4.74 Å². The molecule has 116 valence electrons. The van der Waals surface area contributed by atoms with Crippen LogP contribution in [0.2, 0.25) is 0 Å². The van der Waals surface area contributed by atoms with Gasteiger partial charge in [-0.05, 0) is 36.1 Å². The van der Waals surface area contributed by atoms with Crippen molar-refractivity contribution in [3.05, 3.63) is 52.6 Å². The highest BCUT2D eigenvalue weighted by Crippen LogP contribution is 2.42. The Morgan fingerprint density at radius 3 is 2.83 bits per heavy atom. The molecule has 0 aromatic heterocycles. The van der Waals surface area contributed by atoms with Crippen LogP contribution in [0.4, 0.5) is 0 Å². The molecule has 0 unspecified atom stereocenters. The van der Waals surface area contributed by atoms with E-state index in [0.717, 1.165) is 40.7 Å². The molecule has 0 bridgehead atoms. The molecule has 1 heterocycles. The number of carbonyl (C=O) groups excluding carboxylic acids is 2. The van der Waals surface area contributed by atoms with E-state index in [2.05, 4.69) is 15.9 Å². The van der Waals surface area contributed by atoms with Crippen molar-refractivity contribution in [2.75, 3.05) is 5.33 Å². The number of aryl methyl sites for hydroxylation is 1. The van der Waals surface area contributed by atoms with Crippen molar-refractivity contribution in [2.45, 2.75) is 25.9 Å². The maximum Gasteiger partial charge on any atom is 0.174 e. The number of ether oxygens (including phenoxy) is 1. The molecule has 0 fully saturated rings. The number of benzene rings is 2. The molecule has 0 amide bonds. The fraction of sp³-hybridized carbons (Fsp3) is 0.263. The number of carbonyl (C=O) groups is 2. The van der Waals surface area contributed by atoms with Crippen molar-refractivity contribution in [1.29, 1.82) is 0 Å². The monoisotopic (exact) mass is 370 g/mol. The second kappa shape index (κ2) is 5.60. The summed E-state index contributed by atoms with van der Waals surface area (Å²) in [6.07, 6.45) is 2.40. The molecule has 0 spiro atoms. The van der Waals surface area contributed by atoms with Crippen LogP contribution in [0.3, 0.4) is 0 Å². The molecular formula is C19H15BrO3. The van der Waals surface area contributed by atoms with E-state index >= 15 is 0 Å². The first kappa shape index (κ1) is 14.6. The highest BCUT2D eigenvalue weighted by atomic mass is 79.9. The Labute approximate surface area is 142 Å². The fourth-order valence-corrected chi connectivity index (χ4v) is 3.78. The molecule has 0 radical (unpaired) electrons. The summed E-state index contributed by atoms with van der Waals surface area (Å²) in [6.45, 7) is 0.429. The third-order valence-electron chi connectivity index (χ3n) is 4.58. The van der Waals surface area contributed by atoms with Gasteiger partial charge in [0, 0.05) is 28.7 Å². The molecule has 0 N–H and O–H groups in total. The van der Waals surface area contributed by atoms with Gasteiger partial charge in [0.2, 0.25) is 0 Å². The summed E-state index contributed by atoms with van der Waals surface area (Å²) in [5.74, 6) is 0.957. The molecule has 1 aliphatic carbocycles. The third kappa shape index (κ3) is 2.32. The number of ketones is 2. The minimum atomic E-state index is 0.0588. The van der Waals surface area contributed by atoms with Gasteiger partial charge in [0.25, 0.3) is 0 Å². The Balaban J connectivity index is 1.96. The van der Waals surface area contributed by atoms with E-state index in [1.165, 1.54) is 0 Å². The Morgan fingerprint density at radius 1 is 1.13 bits per heavy atom. The van der Waals surface area contributed by atoms with E-state index in [-0.39, 0.29) is 11.6 Å². The predicted molar refractivity (Wildman–Crippen MR) is 91.6 cm³/mol. The summed E-state index contributed by atoms with van der Waals surface area (Å²) >= 11 is 3.26. The zero-order valence-electron chi connectivity index (χ0n) is 12.5. The normalized spacial score (nSPS) is 15.3. The van der Waals surface area contributed by atoms with Gasteiger partial charge in [-0.2, -0.15) is 0 Å². The molecule has 2 aromatic rings. The third-order valence-corrected chi connectivity index (χ3v) is 5.09. The summed E-state index contributed by atoms with van der Waals surface area (Å²) < 4.78 is 5.86. The molecule has 4 heteroatoms. The molecule has 1 aliphatic heterocycles. The Kier molecular flexibility index (Phi) is 3.57. The van der Waals surface area contributed by atoms with Gasteiger partial charge < -0.3 is 4.74 Å². The van der Waals surface area contributed by atoms with Crippen LogP contribution in [0, 0.1) is 0 Å². The predicted octanol–water partition coefficient (Wildman–Crippen LogP) is 4.34. The maximum absolute atomic E-state index is 12.3. The molecule has 0 saturated carbocycles. The second-order valence-corrected chi connectivity index (χ2v) is 6.53. The second-order valence-electron chi connectivity index (χ2n) is 5.97. The maximum atomic E-state index is 12.3. The van der Waals surface area contributed by atoms with Gasteiger partial charge in [-0.25, -0.2) is 0 Å². The van der Waals surface area contributed by atoms with Gasteiger partial charge in [-0.1, -0.05) is 34.1 Å². The van der Waals surface area contributed by atoms with E-state index in [0.29, 0.717) is 29.7 Å². The van der Waals surface area contributed by atoms with Crippen LogP contribution in [-0.2, 0) is 13.0 Å². The van der Waals surface area contributed by atoms with Crippen LogP contribution in [0.15, 0.2) is 30.3 Å². The van der Waals surface area contributed by atoms with E-state index in [1.807, 2.05) is 30.3 Å². The SMILES string of the molecule is O=C1CCCc2cc3c(cc21)OCc1cccc(C(=O)CBr)c1-3. The molecule has 3 nitrogen and oxygen atoms in total. The fourth-order valence-electron chi connectivity index (χ4n) is 3.48. The molecular weight excluding hydrogens is 356 g/mol. The number of rotatable bonds is 2. The largest absolute Gasteiger partial charge is 0.488 e. The Hall–Kier alpha value is -1.94. The van der Waals surface area contributed by atoms with Crippen LogP contribution in [-0.4, -0.2) is 16.9 Å². The number of fused-ring (bicyclic) bond motifs is 4. The first-order chi connectivity index (χ1) is 11.2. The first-order valence-electron chi connectivity index (χ1n) is 7.73. The molecule has 0 saturated heterocycles. The molecule has 4 rings (SSSR count). The van der Waals surface area contributed by atoms with E-state index in [9.17, 15) is 9.59 Å². The van der Waals surface area contributed by atoms with Gasteiger partial charge in [-0.15, -0.1) is 0 Å². The van der Waals surface area contributed by atoms with Gasteiger partial charge in [0.1, 0.15) is 12.4 Å². The van der Waals surface area contributed by atoms with Crippen molar-refractivity contribution in [2.24, 2.45) is 0 Å². The number of hydrogen-bond acceptors (Lipinski definition) is 3. The topological polar surface area (TPSA) is 43.4 Å². The number of hydrogen-bond donors (Lipinski definition) is 0. The lowest BCUT2D eigenvalue weighted by molar-refractivity contribution is 0.0970. The average Bonchev–Trinajstić information content (AvgIpc) is 2.59. The van der Waals surface area contributed by atoms with Crippen molar-refractivity contribution in [3.8, 4) is 16.9 Å². The standard InChI is InChI=1S/C19H15BrO3/c20-9-17(22)13-5-1-4-12-10-23-18-8-14-11(3-2-6-16(14)21)7-15(18)19(12)13/h1,4-5,7-8H,2-3,6,9-10H2. The quantitative estimate of drug-likeness (QED) is 0.583. The zero-order chi connectivity index (χ0) is 16.0. The number of halogens is 1. The van der Waals surface area contributed by atoms with Crippen LogP contribution >= 0.6 is 15.9 Å². The molecule has 2 aromatic carbocycles. The lowest BCUT2D eigenvalue weighted by Crippen LogP contribution is -2.15. The zero-order valence-corrected chi connectivity index (χ0v) is 14.1. The van der Waals surface area contributed by atoms with Crippen molar-refractivity contribution in [3.63, 3.8) is 0 Å². The summed E-state index contributed by atoms with van der Waals surface area (Å²) in [4.78, 5) is 24.4. The minimum Gasteiger partial charge on any atom is -0.488 e. The van der Waals surface area contributed by atoms with Crippen molar-refractivity contribution >= 4 is 27.5 Å². The highest BCUT2D eigenvalue weighted by molar-refractivity contribution is 9.09. The smallest absolute Gasteiger partial charge is 0.174 e. The van der Waals surface area contributed by atoms with Crippen molar-refractivity contribution in [1.82, 2.24) is 0 Å². The van der Waals surface area contributed by atoms with Crippen LogP contribution in [0.5, 0.6) is 5.75 Å². The van der Waals surface area contributed by atoms with Crippen LogP contribution in [0.25, 0.3) is 11.1 Å². The Morgan fingerprint density at radius 2 is 2.00 bits per heavy atom. The highest BCUT2D eigenvalue weighted by Gasteiger charge is 2.27. The summed E-state index contributed by atoms with van der Waals surface area (Å²) in [6, 6.07) is 9.66. The number of Topliss-reactive ketones (excluding diaryl/α,β-unsaturated/α-hetero) is 2. The molecule has 2 aliphatic rings. The van der Waals surface area contributed by atoms with E-state index in [4.69, 9.17) is 4.74 Å². The summed E-state index contributed by atoms with van der Waals surface area (Å²) in [5.41, 5.74) is 5.47. The van der Waals surface area contributed by atoms with Crippen LogP contribution in [0.1, 0.15) is 44.7 Å².